The Morgan fingerprint density at radius 2 is 2.33 bits per heavy atom. The van der Waals surface area contributed by atoms with Gasteiger partial charge in [0.2, 0.25) is 5.76 Å². The first kappa shape index (κ1) is 13.7. The zero-order chi connectivity index (χ0) is 14.8. The molecule has 5 heteroatoms. The van der Waals surface area contributed by atoms with Crippen LogP contribution in [0.5, 0.6) is 0 Å². The van der Waals surface area contributed by atoms with Gasteiger partial charge in [-0.3, -0.25) is 0 Å². The number of hydrogen-bond donors (Lipinski definition) is 1. The van der Waals surface area contributed by atoms with Gasteiger partial charge >= 0.3 is 5.97 Å². The fraction of sp³-hybridized carbons (Fsp3) is 0.375. The summed E-state index contributed by atoms with van der Waals surface area (Å²) in [5.41, 5.74) is 5.61. The topological polar surface area (TPSA) is 67.6 Å². The van der Waals surface area contributed by atoms with Gasteiger partial charge in [-0.15, -0.1) is 0 Å². The molecule has 110 valence electrons. The first-order valence-electron chi connectivity index (χ1n) is 7.23. The van der Waals surface area contributed by atoms with Gasteiger partial charge in [0.15, 0.2) is 0 Å². The lowest BCUT2D eigenvalue weighted by Gasteiger charge is -2.14. The van der Waals surface area contributed by atoms with Crippen LogP contribution >= 0.6 is 0 Å². The second kappa shape index (κ2) is 5.60. The molecule has 0 fully saturated rings. The van der Waals surface area contributed by atoms with Gasteiger partial charge < -0.3 is 14.2 Å². The van der Waals surface area contributed by atoms with E-state index in [4.69, 9.17) is 9.25 Å². The summed E-state index contributed by atoms with van der Waals surface area (Å²) in [5, 5.41) is 4.09. The minimum Gasteiger partial charge on any atom is -0.457 e. The molecule has 0 saturated heterocycles. The van der Waals surface area contributed by atoms with E-state index in [0.29, 0.717) is 0 Å². The maximum Gasteiger partial charge on any atom is 0.400 e. The molecule has 0 bridgehead atoms. The third kappa shape index (κ3) is 2.51. The molecule has 1 aliphatic rings. The van der Waals surface area contributed by atoms with E-state index >= 15 is 0 Å². The van der Waals surface area contributed by atoms with Crippen LogP contribution in [0.3, 0.4) is 0 Å². The molecule has 1 N–H and O–H groups in total. The summed E-state index contributed by atoms with van der Waals surface area (Å²) in [6, 6.07) is 3.21. The van der Waals surface area contributed by atoms with Crippen molar-refractivity contribution in [3.63, 3.8) is 0 Å². The fourth-order valence-electron chi connectivity index (χ4n) is 2.90. The van der Waals surface area contributed by atoms with Gasteiger partial charge in [-0.25, -0.2) is 4.79 Å². The molecule has 2 aromatic heterocycles. The van der Waals surface area contributed by atoms with Crippen LogP contribution in [0.1, 0.15) is 52.8 Å². The predicted octanol–water partition coefficient (Wildman–Crippen LogP) is 3.38. The Bertz CT molecular complexity index is 681. The van der Waals surface area contributed by atoms with E-state index in [1.807, 2.05) is 0 Å². The number of furan rings is 1. The molecule has 21 heavy (non-hydrogen) atoms. The standard InChI is InChI=1S/C16H18N2O3/c1-3-11-10(2)17-12-6-4-7-13(15(11)12)18-21-16(19)14-8-5-9-20-14/h5,8-9,17H,3-4,6-7H2,1-2H3. The molecule has 0 amide bonds. The summed E-state index contributed by atoms with van der Waals surface area (Å²) in [6.07, 6.45) is 5.22. The summed E-state index contributed by atoms with van der Waals surface area (Å²) < 4.78 is 5.00. The molecule has 0 radical (unpaired) electrons. The number of oxime groups is 1. The minimum absolute atomic E-state index is 0.163. The third-order valence-corrected chi connectivity index (χ3v) is 3.84. The van der Waals surface area contributed by atoms with E-state index in [1.165, 1.54) is 23.2 Å². The summed E-state index contributed by atoms with van der Waals surface area (Å²) in [4.78, 5) is 20.2. The summed E-state index contributed by atoms with van der Waals surface area (Å²) >= 11 is 0. The highest BCUT2D eigenvalue weighted by molar-refractivity contribution is 6.04. The van der Waals surface area contributed by atoms with Crippen LogP contribution in [-0.4, -0.2) is 16.7 Å². The van der Waals surface area contributed by atoms with Gasteiger partial charge in [0, 0.05) is 17.0 Å². The highest BCUT2D eigenvalue weighted by Crippen LogP contribution is 2.28. The number of hydrogen-bond acceptors (Lipinski definition) is 4. The number of rotatable bonds is 3. The van der Waals surface area contributed by atoms with Crippen LogP contribution in [0.2, 0.25) is 0 Å². The van der Waals surface area contributed by atoms with E-state index < -0.39 is 5.97 Å². The average molecular weight is 286 g/mol. The average Bonchev–Trinajstić information content (AvgIpc) is 3.11. The first-order valence-corrected chi connectivity index (χ1v) is 7.23. The summed E-state index contributed by atoms with van der Waals surface area (Å²) in [5.74, 6) is -0.402. The van der Waals surface area contributed by atoms with Gasteiger partial charge in [-0.05, 0) is 50.3 Å². The minimum atomic E-state index is -0.565. The Labute approximate surface area is 123 Å². The molecule has 0 aromatic carbocycles. The second-order valence-electron chi connectivity index (χ2n) is 5.18. The van der Waals surface area contributed by atoms with Crippen LogP contribution in [0.25, 0.3) is 0 Å². The highest BCUT2D eigenvalue weighted by atomic mass is 16.7. The molecule has 0 atom stereocenters. The zero-order valence-electron chi connectivity index (χ0n) is 12.2. The number of carbonyl (C=O) groups is 1. The maximum absolute atomic E-state index is 11.8. The monoisotopic (exact) mass is 286 g/mol. The lowest BCUT2D eigenvalue weighted by atomic mass is 9.92. The zero-order valence-corrected chi connectivity index (χ0v) is 12.2. The van der Waals surface area contributed by atoms with Gasteiger partial charge in [0.25, 0.3) is 0 Å². The van der Waals surface area contributed by atoms with Crippen molar-refractivity contribution < 1.29 is 14.0 Å². The van der Waals surface area contributed by atoms with Crippen molar-refractivity contribution in [1.29, 1.82) is 0 Å². The van der Waals surface area contributed by atoms with E-state index in [9.17, 15) is 4.79 Å². The Hall–Kier alpha value is -2.30. The third-order valence-electron chi connectivity index (χ3n) is 3.84. The molecule has 0 spiro atoms. The van der Waals surface area contributed by atoms with Gasteiger partial charge in [0.05, 0.1) is 12.0 Å². The lowest BCUT2D eigenvalue weighted by molar-refractivity contribution is 0.0479. The number of H-pyrrole nitrogens is 1. The summed E-state index contributed by atoms with van der Waals surface area (Å²) in [7, 11) is 0. The molecular weight excluding hydrogens is 268 g/mol. The van der Waals surface area contributed by atoms with Crippen molar-refractivity contribution in [3.05, 3.63) is 46.7 Å². The largest absolute Gasteiger partial charge is 0.457 e. The molecule has 0 unspecified atom stereocenters. The number of fused-ring (bicyclic) bond motifs is 1. The van der Waals surface area contributed by atoms with Crippen molar-refractivity contribution in [3.8, 4) is 0 Å². The SMILES string of the molecule is CCc1c(C)[nH]c2c1C(=NOC(=O)c1ccco1)CCC2. The van der Waals surface area contributed by atoms with Crippen LogP contribution in [-0.2, 0) is 17.7 Å². The van der Waals surface area contributed by atoms with E-state index in [-0.39, 0.29) is 5.76 Å². The molecular formula is C16H18N2O3. The number of aromatic amines is 1. The predicted molar refractivity (Wildman–Crippen MR) is 78.5 cm³/mol. The molecule has 5 nitrogen and oxygen atoms in total. The second-order valence-corrected chi connectivity index (χ2v) is 5.18. The van der Waals surface area contributed by atoms with Crippen molar-refractivity contribution in [1.82, 2.24) is 4.98 Å². The van der Waals surface area contributed by atoms with Gasteiger partial charge in [-0.1, -0.05) is 12.1 Å². The van der Waals surface area contributed by atoms with E-state index in [1.54, 1.807) is 12.1 Å². The number of aryl methyl sites for hydroxylation is 2. The maximum atomic E-state index is 11.8. The van der Waals surface area contributed by atoms with Crippen molar-refractivity contribution in [2.24, 2.45) is 5.16 Å². The Morgan fingerprint density at radius 1 is 1.48 bits per heavy atom. The molecule has 2 aromatic rings. The molecule has 0 saturated carbocycles. The molecule has 2 heterocycles. The molecule has 3 rings (SSSR count). The Kier molecular flexibility index (Phi) is 3.64. The van der Waals surface area contributed by atoms with Crippen LogP contribution < -0.4 is 0 Å². The number of nitrogens with zero attached hydrogens (tertiary/aromatic N) is 1. The highest BCUT2D eigenvalue weighted by Gasteiger charge is 2.23. The summed E-state index contributed by atoms with van der Waals surface area (Å²) in [6.45, 7) is 4.20. The molecule has 1 aliphatic carbocycles. The van der Waals surface area contributed by atoms with Crippen LogP contribution in [0.4, 0.5) is 0 Å². The van der Waals surface area contributed by atoms with E-state index in [0.717, 1.165) is 37.0 Å². The van der Waals surface area contributed by atoms with Crippen LogP contribution in [0, 0.1) is 6.92 Å². The normalized spacial score (nSPS) is 16.0. The first-order chi connectivity index (χ1) is 10.2. The smallest absolute Gasteiger partial charge is 0.400 e. The van der Waals surface area contributed by atoms with Crippen molar-refractivity contribution in [2.75, 3.05) is 0 Å². The van der Waals surface area contributed by atoms with Crippen molar-refractivity contribution >= 4 is 11.7 Å². The quantitative estimate of drug-likeness (QED) is 0.694. The van der Waals surface area contributed by atoms with E-state index in [2.05, 4.69) is 24.0 Å². The lowest BCUT2D eigenvalue weighted by Crippen LogP contribution is -2.14. The Morgan fingerprint density at radius 3 is 3.05 bits per heavy atom. The molecule has 0 aliphatic heterocycles. The number of aromatic nitrogens is 1. The van der Waals surface area contributed by atoms with Gasteiger partial charge in [-0.2, -0.15) is 0 Å². The number of nitrogens with one attached hydrogen (secondary N) is 1. The van der Waals surface area contributed by atoms with Crippen molar-refractivity contribution in [2.45, 2.75) is 39.5 Å². The van der Waals surface area contributed by atoms with Gasteiger partial charge in [0.1, 0.15) is 0 Å². The fourth-order valence-corrected chi connectivity index (χ4v) is 2.90. The Balaban J connectivity index is 1.87. The number of carbonyl (C=O) groups excluding carboxylic acids is 1. The van der Waals surface area contributed by atoms with Crippen LogP contribution in [0.15, 0.2) is 28.0 Å².